The Morgan fingerprint density at radius 2 is 2.00 bits per heavy atom. The number of pyridine rings is 1. The molecule has 0 radical (unpaired) electrons. The van der Waals surface area contributed by atoms with Crippen LogP contribution in [0.4, 0.5) is 10.3 Å². The molecule has 3 aromatic heterocycles. The number of halogens is 2. The molecular formula is C25H27ClFN7O. The van der Waals surface area contributed by atoms with Crippen molar-refractivity contribution >= 4 is 23.2 Å². The summed E-state index contributed by atoms with van der Waals surface area (Å²) in [5.74, 6) is 0.795. The molecule has 0 saturated carbocycles. The van der Waals surface area contributed by atoms with Gasteiger partial charge in [0.05, 0.1) is 10.7 Å². The first-order valence-corrected chi connectivity index (χ1v) is 12.2. The summed E-state index contributed by atoms with van der Waals surface area (Å²) in [5, 5.41) is 14.8. The highest BCUT2D eigenvalue weighted by atomic mass is 35.5. The maximum Gasteiger partial charge on any atom is 0.223 e. The zero-order valence-electron chi connectivity index (χ0n) is 19.2. The van der Waals surface area contributed by atoms with Gasteiger partial charge >= 0.3 is 0 Å². The van der Waals surface area contributed by atoms with Gasteiger partial charge in [0, 0.05) is 43.8 Å². The van der Waals surface area contributed by atoms with Crippen LogP contribution in [0.3, 0.4) is 0 Å². The first-order valence-electron chi connectivity index (χ1n) is 11.8. The van der Waals surface area contributed by atoms with Crippen LogP contribution in [0.15, 0.2) is 55.1 Å². The van der Waals surface area contributed by atoms with E-state index in [4.69, 9.17) is 16.3 Å². The van der Waals surface area contributed by atoms with Gasteiger partial charge in [0.2, 0.25) is 5.95 Å². The molecule has 0 aliphatic carbocycles. The number of nitrogens with one attached hydrogen (secondary N) is 2. The van der Waals surface area contributed by atoms with Gasteiger partial charge in [0.15, 0.2) is 5.65 Å². The highest BCUT2D eigenvalue weighted by Crippen LogP contribution is 2.25. The number of hydrogen-bond acceptors (Lipinski definition) is 7. The van der Waals surface area contributed by atoms with Gasteiger partial charge in [-0.3, -0.25) is 4.40 Å². The van der Waals surface area contributed by atoms with Crippen molar-refractivity contribution in [2.75, 3.05) is 31.6 Å². The molecule has 2 aliphatic heterocycles. The van der Waals surface area contributed by atoms with E-state index < -0.39 is 0 Å². The molecular weight excluding hydrogens is 469 g/mol. The zero-order chi connectivity index (χ0) is 24.0. The van der Waals surface area contributed by atoms with Crippen molar-refractivity contribution in [3.8, 4) is 11.3 Å². The topological polar surface area (TPSA) is 89.3 Å². The van der Waals surface area contributed by atoms with Crippen LogP contribution in [0.1, 0.15) is 30.7 Å². The fourth-order valence-corrected chi connectivity index (χ4v) is 4.41. The second kappa shape index (κ2) is 11.1. The molecule has 2 fully saturated rings. The van der Waals surface area contributed by atoms with E-state index in [0.29, 0.717) is 17.9 Å². The van der Waals surface area contributed by atoms with Crippen molar-refractivity contribution in [2.45, 2.75) is 31.2 Å². The van der Waals surface area contributed by atoms with Crippen molar-refractivity contribution in [3.05, 3.63) is 71.5 Å². The molecule has 0 amide bonds. The lowest BCUT2D eigenvalue weighted by Crippen LogP contribution is -2.28. The van der Waals surface area contributed by atoms with Crippen LogP contribution < -0.4 is 10.6 Å². The molecule has 6 rings (SSSR count). The SMILES string of the molecule is Fc1cc(C2CCNC2)ccc1Cl.c1cc(-c2ccn3cnnc3c2)nc(NC2CCOCC2)n1. The fourth-order valence-electron chi connectivity index (χ4n) is 4.30. The summed E-state index contributed by atoms with van der Waals surface area (Å²) in [6.07, 6.45) is 8.44. The third-order valence-corrected chi connectivity index (χ3v) is 6.59. The molecule has 1 aromatic carbocycles. The Bertz CT molecular complexity index is 1270. The number of ether oxygens (including phenoxy) is 1. The van der Waals surface area contributed by atoms with Gasteiger partial charge in [-0.2, -0.15) is 0 Å². The number of nitrogens with zero attached hydrogens (tertiary/aromatic N) is 5. The molecule has 2 N–H and O–H groups in total. The van der Waals surface area contributed by atoms with Crippen molar-refractivity contribution in [3.63, 3.8) is 0 Å². The second-order valence-electron chi connectivity index (χ2n) is 8.67. The third-order valence-electron chi connectivity index (χ3n) is 6.28. The largest absolute Gasteiger partial charge is 0.381 e. The van der Waals surface area contributed by atoms with E-state index in [-0.39, 0.29) is 10.8 Å². The highest BCUT2D eigenvalue weighted by molar-refractivity contribution is 6.30. The molecule has 2 aliphatic rings. The number of rotatable bonds is 4. The lowest BCUT2D eigenvalue weighted by molar-refractivity contribution is 0.0903. The Kier molecular flexibility index (Phi) is 7.46. The van der Waals surface area contributed by atoms with Crippen LogP contribution in [0, 0.1) is 5.82 Å². The molecule has 1 unspecified atom stereocenters. The van der Waals surface area contributed by atoms with E-state index >= 15 is 0 Å². The molecule has 182 valence electrons. The smallest absolute Gasteiger partial charge is 0.223 e. The Hall–Kier alpha value is -3.14. The van der Waals surface area contributed by atoms with Crippen molar-refractivity contribution in [1.82, 2.24) is 29.9 Å². The quantitative estimate of drug-likeness (QED) is 0.435. The summed E-state index contributed by atoms with van der Waals surface area (Å²) in [5.41, 5.74) is 3.72. The monoisotopic (exact) mass is 495 g/mol. The minimum Gasteiger partial charge on any atom is -0.381 e. The van der Waals surface area contributed by atoms with E-state index in [9.17, 15) is 4.39 Å². The number of fused-ring (bicyclic) bond motifs is 1. The molecule has 10 heteroatoms. The standard InChI is InChI=1S/C15H16N6O.C10H11ClFN/c1-5-16-15(18-12-3-7-22-8-4-12)19-13(1)11-2-6-21-10-17-20-14(21)9-11;11-9-2-1-7(5-10(9)12)8-3-4-13-6-8/h1-2,5-6,9-10,12H,3-4,7-8H2,(H,16,18,19);1-2,5,8,13H,3-4,6H2. The number of hydrogen-bond donors (Lipinski definition) is 2. The van der Waals surface area contributed by atoms with Gasteiger partial charge in [0.1, 0.15) is 12.1 Å². The second-order valence-corrected chi connectivity index (χ2v) is 9.08. The first-order chi connectivity index (χ1) is 17.2. The third kappa shape index (κ3) is 5.93. The van der Waals surface area contributed by atoms with Crippen LogP contribution in [0.2, 0.25) is 5.02 Å². The summed E-state index contributed by atoms with van der Waals surface area (Å²) in [7, 11) is 0. The van der Waals surface area contributed by atoms with Crippen LogP contribution in [-0.2, 0) is 4.74 Å². The van der Waals surface area contributed by atoms with Gasteiger partial charge < -0.3 is 15.4 Å². The van der Waals surface area contributed by atoms with Crippen molar-refractivity contribution in [2.24, 2.45) is 0 Å². The fraction of sp³-hybridized carbons (Fsp3) is 0.360. The molecule has 5 heterocycles. The summed E-state index contributed by atoms with van der Waals surface area (Å²) >= 11 is 5.60. The van der Waals surface area contributed by atoms with Crippen molar-refractivity contribution < 1.29 is 9.13 Å². The van der Waals surface area contributed by atoms with Crippen LogP contribution in [0.5, 0.6) is 0 Å². The Labute approximate surface area is 207 Å². The molecule has 35 heavy (non-hydrogen) atoms. The first kappa shape index (κ1) is 23.6. The Morgan fingerprint density at radius 1 is 1.11 bits per heavy atom. The van der Waals surface area contributed by atoms with Crippen molar-refractivity contribution in [1.29, 1.82) is 0 Å². The molecule has 1 atom stereocenters. The minimum absolute atomic E-state index is 0.203. The molecule has 0 spiro atoms. The molecule has 8 nitrogen and oxygen atoms in total. The van der Waals surface area contributed by atoms with Gasteiger partial charge in [-0.15, -0.1) is 10.2 Å². The summed E-state index contributed by atoms with van der Waals surface area (Å²) in [4.78, 5) is 8.92. The van der Waals surface area contributed by atoms with E-state index in [1.54, 1.807) is 24.7 Å². The van der Waals surface area contributed by atoms with Gasteiger partial charge in [-0.1, -0.05) is 17.7 Å². The van der Waals surface area contributed by atoms with E-state index in [2.05, 4.69) is 30.8 Å². The predicted molar refractivity (Wildman–Crippen MR) is 133 cm³/mol. The van der Waals surface area contributed by atoms with Crippen LogP contribution in [-0.4, -0.2) is 56.9 Å². The van der Waals surface area contributed by atoms with Gasteiger partial charge in [0.25, 0.3) is 0 Å². The zero-order valence-corrected chi connectivity index (χ0v) is 20.0. The highest BCUT2D eigenvalue weighted by Gasteiger charge is 2.17. The summed E-state index contributed by atoms with van der Waals surface area (Å²) < 4.78 is 20.3. The van der Waals surface area contributed by atoms with Crippen LogP contribution >= 0.6 is 11.6 Å². The molecule has 4 aromatic rings. The minimum atomic E-state index is -0.314. The summed E-state index contributed by atoms with van der Waals surface area (Å²) in [6, 6.07) is 11.3. The lowest BCUT2D eigenvalue weighted by atomic mass is 9.98. The predicted octanol–water partition coefficient (Wildman–Crippen LogP) is 4.33. The molecule has 0 bridgehead atoms. The average Bonchev–Trinajstić information content (AvgIpc) is 3.59. The Balaban J connectivity index is 0.000000166. The maximum atomic E-state index is 13.1. The molecule has 2 saturated heterocycles. The van der Waals surface area contributed by atoms with E-state index in [1.165, 1.54) is 0 Å². The van der Waals surface area contributed by atoms with Gasteiger partial charge in [-0.25, -0.2) is 14.4 Å². The normalized spacial score (nSPS) is 18.3. The lowest BCUT2D eigenvalue weighted by Gasteiger charge is -2.23. The van der Waals surface area contributed by atoms with Crippen LogP contribution in [0.25, 0.3) is 16.9 Å². The van der Waals surface area contributed by atoms with E-state index in [1.807, 2.05) is 34.9 Å². The number of benzene rings is 1. The van der Waals surface area contributed by atoms with Gasteiger partial charge in [-0.05, 0) is 67.6 Å². The average molecular weight is 496 g/mol. The van der Waals surface area contributed by atoms with E-state index in [0.717, 1.165) is 68.0 Å². The number of aromatic nitrogens is 5. The summed E-state index contributed by atoms with van der Waals surface area (Å²) in [6.45, 7) is 3.55. The Morgan fingerprint density at radius 3 is 2.80 bits per heavy atom. The maximum absolute atomic E-state index is 13.1. The number of anilines is 1.